The number of hydrogen-bond acceptors (Lipinski definition) is 9. The maximum absolute atomic E-state index is 14.3. The number of carbonyl (C=O) groups is 5. The standard InChI is InChI=1S/C34H44ClF3N6O9S/c1-32(2,3)53-30(48)40-25-13-8-6-4-5-7-11-21-15-33(21,29(47)42-54(50,51)39-19-34(36,37)38)41-27(45)26-14-22(17-44(26)28(25)46)52-31(49)43-16-20-10-9-12-24(35)23(20)18-43/h7,9-12,21-22,25-26,39H,4-6,8,13-19H2,1-3H3,(H,40,48)(H,41,45)(H,42,47)/b11-7-/t21-,22+,25-,26?,33+/m0/s1. The molecular formula is C34H44ClF3N6O9S. The van der Waals surface area contributed by atoms with Crippen molar-refractivity contribution in [2.24, 2.45) is 5.92 Å². The van der Waals surface area contributed by atoms with Gasteiger partial charge in [-0.2, -0.15) is 26.3 Å². The second kappa shape index (κ2) is 15.9. The Hall–Kier alpha value is -4.10. The van der Waals surface area contributed by atoms with E-state index in [9.17, 15) is 45.6 Å². The molecule has 5 atom stereocenters. The average molecular weight is 805 g/mol. The van der Waals surface area contributed by atoms with Gasteiger partial charge < -0.3 is 25.0 Å². The van der Waals surface area contributed by atoms with Gasteiger partial charge in [-0.25, -0.2) is 14.3 Å². The van der Waals surface area contributed by atoms with Crippen molar-refractivity contribution in [1.29, 1.82) is 0 Å². The molecule has 0 spiro atoms. The molecule has 3 heterocycles. The summed E-state index contributed by atoms with van der Waals surface area (Å²) in [5.74, 6) is -3.59. The van der Waals surface area contributed by atoms with Gasteiger partial charge in [0.05, 0.1) is 13.1 Å². The molecule has 0 aromatic heterocycles. The van der Waals surface area contributed by atoms with Crippen molar-refractivity contribution in [1.82, 2.24) is 29.9 Å². The molecule has 1 saturated heterocycles. The molecule has 0 bridgehead atoms. The van der Waals surface area contributed by atoms with Gasteiger partial charge in [0.25, 0.3) is 5.91 Å². The molecule has 2 fully saturated rings. The zero-order chi connectivity index (χ0) is 39.6. The molecule has 15 nitrogen and oxygen atoms in total. The first-order chi connectivity index (χ1) is 25.2. The molecule has 1 aromatic rings. The average Bonchev–Trinajstić information content (AvgIpc) is 3.36. The van der Waals surface area contributed by atoms with Crippen molar-refractivity contribution in [3.63, 3.8) is 0 Å². The Bertz CT molecular complexity index is 1790. The predicted molar refractivity (Wildman–Crippen MR) is 187 cm³/mol. The number of benzene rings is 1. The minimum absolute atomic E-state index is 0.0875. The number of halogens is 4. The molecule has 0 radical (unpaired) electrons. The second-order valence-electron chi connectivity index (χ2n) is 14.9. The molecule has 1 aromatic carbocycles. The topological polar surface area (TPSA) is 193 Å². The summed E-state index contributed by atoms with van der Waals surface area (Å²) in [5.41, 5.74) is -1.19. The van der Waals surface area contributed by atoms with E-state index in [0.717, 1.165) is 16.0 Å². The summed E-state index contributed by atoms with van der Waals surface area (Å²) in [4.78, 5) is 70.7. The highest BCUT2D eigenvalue weighted by atomic mass is 35.5. The van der Waals surface area contributed by atoms with E-state index in [4.69, 9.17) is 21.1 Å². The number of carbonyl (C=O) groups excluding carboxylic acids is 5. The first kappa shape index (κ1) is 41.1. The first-order valence-electron chi connectivity index (χ1n) is 17.6. The molecule has 5 rings (SSSR count). The van der Waals surface area contributed by atoms with Crippen LogP contribution in [0.2, 0.25) is 5.02 Å². The lowest BCUT2D eigenvalue weighted by molar-refractivity contribution is -0.141. The molecule has 4 aliphatic rings. The molecule has 54 heavy (non-hydrogen) atoms. The quantitative estimate of drug-likeness (QED) is 0.312. The van der Waals surface area contributed by atoms with Crippen molar-refractivity contribution in [2.75, 3.05) is 13.1 Å². The van der Waals surface area contributed by atoms with Gasteiger partial charge in [-0.3, -0.25) is 19.3 Å². The largest absolute Gasteiger partial charge is 0.444 e. The van der Waals surface area contributed by atoms with E-state index in [1.807, 2.05) is 6.07 Å². The van der Waals surface area contributed by atoms with E-state index in [1.54, 1.807) is 49.8 Å². The minimum Gasteiger partial charge on any atom is -0.444 e. The highest BCUT2D eigenvalue weighted by molar-refractivity contribution is 7.88. The SMILES string of the molecule is CC(C)(C)OC(=O)N[C@H]1CCCCC/C=C\[C@H]2C[C@@]2(C(=O)NS(=O)(=O)NCC(F)(F)F)NC(=O)C2C[C@@H](OC(=O)N3Cc4cccc(Cl)c4C3)CN2C1=O. The number of rotatable bonds is 6. The summed E-state index contributed by atoms with van der Waals surface area (Å²) in [7, 11) is -5.00. The maximum atomic E-state index is 14.3. The minimum atomic E-state index is -5.00. The van der Waals surface area contributed by atoms with Crippen LogP contribution in [-0.4, -0.2) is 96.7 Å². The van der Waals surface area contributed by atoms with Crippen LogP contribution < -0.4 is 20.1 Å². The third-order valence-electron chi connectivity index (χ3n) is 9.48. The summed E-state index contributed by atoms with van der Waals surface area (Å²) >= 11 is 6.32. The number of amides is 5. The van der Waals surface area contributed by atoms with Gasteiger partial charge in [-0.15, -0.1) is 0 Å². The van der Waals surface area contributed by atoms with Crippen LogP contribution >= 0.6 is 11.6 Å². The van der Waals surface area contributed by atoms with Gasteiger partial charge in [0.2, 0.25) is 11.8 Å². The van der Waals surface area contributed by atoms with Crippen molar-refractivity contribution < 1.29 is 55.0 Å². The highest BCUT2D eigenvalue weighted by Crippen LogP contribution is 2.46. The maximum Gasteiger partial charge on any atom is 0.410 e. The van der Waals surface area contributed by atoms with Gasteiger partial charge >= 0.3 is 28.6 Å². The van der Waals surface area contributed by atoms with Crippen LogP contribution in [0.4, 0.5) is 22.8 Å². The zero-order valence-electron chi connectivity index (χ0n) is 30.0. The number of alkyl carbamates (subject to hydrolysis) is 1. The molecule has 20 heteroatoms. The Kier molecular flexibility index (Phi) is 12.1. The molecule has 3 aliphatic heterocycles. The molecule has 1 aliphatic carbocycles. The van der Waals surface area contributed by atoms with Crippen LogP contribution in [0.15, 0.2) is 30.4 Å². The zero-order valence-corrected chi connectivity index (χ0v) is 31.5. The fourth-order valence-corrected chi connectivity index (χ4v) is 7.87. The van der Waals surface area contributed by atoms with E-state index >= 15 is 0 Å². The van der Waals surface area contributed by atoms with Gasteiger partial charge in [0.1, 0.15) is 35.9 Å². The lowest BCUT2D eigenvalue weighted by Crippen LogP contribution is -2.59. The molecule has 298 valence electrons. The van der Waals surface area contributed by atoms with Gasteiger partial charge in [0, 0.05) is 23.9 Å². The van der Waals surface area contributed by atoms with E-state index in [1.165, 1.54) is 9.62 Å². The fourth-order valence-electron chi connectivity index (χ4n) is 6.77. The normalized spacial score (nSPS) is 26.9. The Labute approximate surface area is 315 Å². The molecule has 1 unspecified atom stereocenters. The van der Waals surface area contributed by atoms with E-state index in [2.05, 4.69) is 10.6 Å². The van der Waals surface area contributed by atoms with Gasteiger partial charge in [-0.05, 0) is 63.6 Å². The van der Waals surface area contributed by atoms with Gasteiger partial charge in [-0.1, -0.05) is 48.7 Å². The summed E-state index contributed by atoms with van der Waals surface area (Å²) in [5, 5.41) is 5.66. The molecule has 5 amide bonds. The number of ether oxygens (including phenoxy) is 2. The summed E-state index contributed by atoms with van der Waals surface area (Å²) in [6.45, 7) is 3.13. The number of allylic oxidation sites excluding steroid dienone is 1. The number of hydrogen-bond donors (Lipinski definition) is 4. The lowest BCUT2D eigenvalue weighted by atomic mass is 10.0. The Morgan fingerprint density at radius 1 is 1.09 bits per heavy atom. The number of nitrogens with zero attached hydrogens (tertiary/aromatic N) is 2. The van der Waals surface area contributed by atoms with Crippen LogP contribution in [0.1, 0.15) is 76.8 Å². The summed E-state index contributed by atoms with van der Waals surface area (Å²) in [6.07, 6.45) is -1.97. The van der Waals surface area contributed by atoms with Crippen molar-refractivity contribution in [3.8, 4) is 0 Å². The van der Waals surface area contributed by atoms with Crippen LogP contribution in [0.3, 0.4) is 0 Å². The molecule has 1 saturated carbocycles. The van der Waals surface area contributed by atoms with E-state index < -0.39 is 88.1 Å². The third-order valence-corrected chi connectivity index (χ3v) is 10.8. The van der Waals surface area contributed by atoms with Crippen LogP contribution in [0.25, 0.3) is 0 Å². The first-order valence-corrected chi connectivity index (χ1v) is 19.4. The van der Waals surface area contributed by atoms with E-state index in [-0.39, 0.29) is 38.9 Å². The Morgan fingerprint density at radius 3 is 2.52 bits per heavy atom. The second-order valence-corrected chi connectivity index (χ2v) is 16.8. The predicted octanol–water partition coefficient (Wildman–Crippen LogP) is 3.56. The number of alkyl halides is 3. The number of nitrogens with one attached hydrogen (secondary N) is 4. The van der Waals surface area contributed by atoms with Crippen molar-refractivity contribution in [2.45, 2.75) is 114 Å². The lowest BCUT2D eigenvalue weighted by Gasteiger charge is -2.30. The van der Waals surface area contributed by atoms with Crippen LogP contribution in [0, 0.1) is 5.92 Å². The third kappa shape index (κ3) is 10.3. The van der Waals surface area contributed by atoms with Crippen molar-refractivity contribution in [3.05, 3.63) is 46.5 Å². The summed E-state index contributed by atoms with van der Waals surface area (Å²) < 4.78 is 77.2. The van der Waals surface area contributed by atoms with E-state index in [0.29, 0.717) is 30.7 Å². The monoisotopic (exact) mass is 804 g/mol. The van der Waals surface area contributed by atoms with Crippen LogP contribution in [0.5, 0.6) is 0 Å². The number of fused-ring (bicyclic) bond motifs is 3. The Morgan fingerprint density at radius 2 is 1.83 bits per heavy atom. The smallest absolute Gasteiger partial charge is 0.410 e. The van der Waals surface area contributed by atoms with Crippen LogP contribution in [-0.2, 0) is 47.2 Å². The van der Waals surface area contributed by atoms with Crippen molar-refractivity contribution >= 4 is 51.7 Å². The fraction of sp³-hybridized carbons (Fsp3) is 0.618. The molecule has 4 N–H and O–H groups in total. The highest BCUT2D eigenvalue weighted by Gasteiger charge is 2.62. The molecular weight excluding hydrogens is 761 g/mol. The van der Waals surface area contributed by atoms with Gasteiger partial charge in [0.15, 0.2) is 0 Å². The Balaban J connectivity index is 1.40. The summed E-state index contributed by atoms with van der Waals surface area (Å²) in [6, 6.07) is 2.75.